The molecule has 0 unspecified atom stereocenters. The SMILES string of the molecule is O=C(Nc1ccc(C(=O)c2ccc(NC(=O)c3ccc4[nH]ccc4c3)cc2)cc1)c1ccc2[nH]ccc2c1. The predicted molar refractivity (Wildman–Crippen MR) is 149 cm³/mol. The molecule has 0 aliphatic heterocycles. The fourth-order valence-corrected chi connectivity index (χ4v) is 4.37. The van der Waals surface area contributed by atoms with Crippen molar-refractivity contribution in [3.63, 3.8) is 0 Å². The van der Waals surface area contributed by atoms with Crippen LogP contribution in [0.1, 0.15) is 36.6 Å². The molecule has 2 heterocycles. The Labute approximate surface area is 217 Å². The number of hydrogen-bond donors (Lipinski definition) is 4. The van der Waals surface area contributed by atoms with Gasteiger partial charge in [-0.2, -0.15) is 0 Å². The predicted octanol–water partition coefficient (Wildman–Crippen LogP) is 6.38. The number of benzene rings is 4. The van der Waals surface area contributed by atoms with Gasteiger partial charge in [0.05, 0.1) is 0 Å². The number of carbonyl (C=O) groups is 3. The Morgan fingerprint density at radius 3 is 1.29 bits per heavy atom. The zero-order chi connectivity index (χ0) is 26.1. The Morgan fingerprint density at radius 1 is 0.474 bits per heavy atom. The Morgan fingerprint density at radius 2 is 0.868 bits per heavy atom. The molecule has 2 amide bonds. The van der Waals surface area contributed by atoms with Gasteiger partial charge >= 0.3 is 0 Å². The van der Waals surface area contributed by atoms with Crippen LogP contribution >= 0.6 is 0 Å². The maximum atomic E-state index is 13.0. The number of fused-ring (bicyclic) bond motifs is 2. The lowest BCUT2D eigenvalue weighted by Gasteiger charge is -2.08. The van der Waals surface area contributed by atoms with Crippen molar-refractivity contribution in [1.29, 1.82) is 0 Å². The molecule has 4 aromatic carbocycles. The highest BCUT2D eigenvalue weighted by Gasteiger charge is 2.12. The van der Waals surface area contributed by atoms with Crippen molar-refractivity contribution in [2.75, 3.05) is 10.6 Å². The maximum absolute atomic E-state index is 13.0. The van der Waals surface area contributed by atoms with Gasteiger partial charge in [0.2, 0.25) is 0 Å². The molecule has 0 saturated carbocycles. The lowest BCUT2D eigenvalue weighted by molar-refractivity contribution is 0.101. The highest BCUT2D eigenvalue weighted by molar-refractivity contribution is 6.11. The third-order valence-electron chi connectivity index (χ3n) is 6.44. The van der Waals surface area contributed by atoms with Crippen molar-refractivity contribution in [2.24, 2.45) is 0 Å². The zero-order valence-electron chi connectivity index (χ0n) is 20.1. The third kappa shape index (κ3) is 4.56. The molecule has 0 bridgehead atoms. The molecule has 38 heavy (non-hydrogen) atoms. The lowest BCUT2D eigenvalue weighted by atomic mass is 10.0. The molecule has 7 heteroatoms. The molecule has 0 spiro atoms. The van der Waals surface area contributed by atoms with Gasteiger partial charge in [-0.3, -0.25) is 14.4 Å². The molecular formula is C31H22N4O3. The van der Waals surface area contributed by atoms with Crippen LogP contribution in [0.2, 0.25) is 0 Å². The van der Waals surface area contributed by atoms with Crippen molar-refractivity contribution in [1.82, 2.24) is 9.97 Å². The van der Waals surface area contributed by atoms with Gasteiger partial charge in [-0.25, -0.2) is 0 Å². The average molecular weight is 499 g/mol. The summed E-state index contributed by atoms with van der Waals surface area (Å²) in [6.45, 7) is 0. The first-order chi connectivity index (χ1) is 18.5. The molecule has 0 atom stereocenters. The fraction of sp³-hybridized carbons (Fsp3) is 0. The van der Waals surface area contributed by atoms with E-state index in [1.807, 2.05) is 48.8 Å². The van der Waals surface area contributed by atoms with Crippen LogP contribution in [0.15, 0.2) is 109 Å². The molecule has 0 aliphatic rings. The molecule has 0 radical (unpaired) electrons. The normalized spacial score (nSPS) is 10.9. The van der Waals surface area contributed by atoms with Gasteiger partial charge in [-0.05, 0) is 97.1 Å². The number of H-pyrrole nitrogens is 2. The third-order valence-corrected chi connectivity index (χ3v) is 6.44. The van der Waals surface area contributed by atoms with E-state index in [4.69, 9.17) is 0 Å². The summed E-state index contributed by atoms with van der Waals surface area (Å²) in [5.74, 6) is -0.604. The van der Waals surface area contributed by atoms with E-state index in [1.54, 1.807) is 60.7 Å². The molecule has 4 N–H and O–H groups in total. The Bertz CT molecular complexity index is 1680. The summed E-state index contributed by atoms with van der Waals surface area (Å²) >= 11 is 0. The summed E-state index contributed by atoms with van der Waals surface area (Å²) in [7, 11) is 0. The molecule has 7 nitrogen and oxygen atoms in total. The topological polar surface area (TPSA) is 107 Å². The highest BCUT2D eigenvalue weighted by atomic mass is 16.2. The summed E-state index contributed by atoms with van der Waals surface area (Å²) in [6, 6.07) is 28.3. The number of ketones is 1. The molecular weight excluding hydrogens is 476 g/mol. The number of nitrogens with one attached hydrogen (secondary N) is 4. The quantitative estimate of drug-likeness (QED) is 0.200. The first kappa shape index (κ1) is 23.0. The maximum Gasteiger partial charge on any atom is 0.255 e. The highest BCUT2D eigenvalue weighted by Crippen LogP contribution is 2.20. The average Bonchev–Trinajstić information content (AvgIpc) is 3.62. The van der Waals surface area contributed by atoms with E-state index in [2.05, 4.69) is 20.6 Å². The van der Waals surface area contributed by atoms with Gasteiger partial charge in [0.1, 0.15) is 0 Å². The Hall–Kier alpha value is -5.43. The summed E-state index contributed by atoms with van der Waals surface area (Å²) in [4.78, 5) is 44.5. The van der Waals surface area contributed by atoms with E-state index >= 15 is 0 Å². The van der Waals surface area contributed by atoms with E-state index in [0.717, 1.165) is 21.8 Å². The van der Waals surface area contributed by atoms with E-state index in [9.17, 15) is 14.4 Å². The van der Waals surface area contributed by atoms with Crippen LogP contribution in [-0.2, 0) is 0 Å². The largest absolute Gasteiger partial charge is 0.361 e. The van der Waals surface area contributed by atoms with Gasteiger partial charge in [0, 0.05) is 67.8 Å². The first-order valence-electron chi connectivity index (χ1n) is 12.1. The van der Waals surface area contributed by atoms with E-state index in [0.29, 0.717) is 33.6 Å². The van der Waals surface area contributed by atoms with Crippen molar-refractivity contribution in [3.05, 3.63) is 132 Å². The zero-order valence-corrected chi connectivity index (χ0v) is 20.1. The van der Waals surface area contributed by atoms with E-state index in [-0.39, 0.29) is 17.6 Å². The summed E-state index contributed by atoms with van der Waals surface area (Å²) in [6.07, 6.45) is 3.66. The number of aromatic nitrogens is 2. The van der Waals surface area contributed by atoms with Crippen molar-refractivity contribution >= 4 is 50.8 Å². The number of carbonyl (C=O) groups excluding carboxylic acids is 3. The van der Waals surface area contributed by atoms with Crippen LogP contribution in [0.5, 0.6) is 0 Å². The summed E-state index contributed by atoms with van der Waals surface area (Å²) in [5, 5.41) is 7.65. The van der Waals surface area contributed by atoms with Crippen LogP contribution in [0, 0.1) is 0 Å². The lowest BCUT2D eigenvalue weighted by Crippen LogP contribution is -2.12. The molecule has 2 aromatic heterocycles. The molecule has 0 saturated heterocycles. The molecule has 6 aromatic rings. The Balaban J connectivity index is 1.10. The van der Waals surface area contributed by atoms with Crippen LogP contribution in [0.3, 0.4) is 0 Å². The van der Waals surface area contributed by atoms with Gasteiger partial charge in [-0.15, -0.1) is 0 Å². The minimum Gasteiger partial charge on any atom is -0.361 e. The Kier molecular flexibility index (Phi) is 5.78. The van der Waals surface area contributed by atoms with Crippen LogP contribution in [0.25, 0.3) is 21.8 Å². The van der Waals surface area contributed by atoms with Crippen molar-refractivity contribution in [3.8, 4) is 0 Å². The minimum absolute atomic E-state index is 0.156. The number of amides is 2. The van der Waals surface area contributed by atoms with Crippen LogP contribution in [-0.4, -0.2) is 27.6 Å². The second kappa shape index (κ2) is 9.55. The van der Waals surface area contributed by atoms with E-state index in [1.165, 1.54) is 0 Å². The van der Waals surface area contributed by atoms with E-state index < -0.39 is 0 Å². The van der Waals surface area contributed by atoms with Crippen LogP contribution < -0.4 is 10.6 Å². The number of anilines is 2. The number of rotatable bonds is 6. The van der Waals surface area contributed by atoms with Gasteiger partial charge < -0.3 is 20.6 Å². The first-order valence-corrected chi connectivity index (χ1v) is 12.1. The number of hydrogen-bond acceptors (Lipinski definition) is 3. The van der Waals surface area contributed by atoms with Crippen molar-refractivity contribution in [2.45, 2.75) is 0 Å². The smallest absolute Gasteiger partial charge is 0.255 e. The molecule has 0 fully saturated rings. The molecule has 184 valence electrons. The van der Waals surface area contributed by atoms with Crippen LogP contribution in [0.4, 0.5) is 11.4 Å². The standard InChI is InChI=1S/C31H22N4O3/c36-29(19-1-7-25(8-2-19)34-30(37)23-5-11-27-21(17-23)13-15-32-27)20-3-9-26(10-4-20)35-31(38)24-6-12-28-22(18-24)14-16-33-28/h1-18,32-33H,(H,34,37)(H,35,38). The minimum atomic E-state index is -0.224. The molecule has 0 aliphatic carbocycles. The second-order valence-electron chi connectivity index (χ2n) is 8.95. The van der Waals surface area contributed by atoms with Crippen molar-refractivity contribution < 1.29 is 14.4 Å². The summed E-state index contributed by atoms with van der Waals surface area (Å²) < 4.78 is 0. The molecule has 6 rings (SSSR count). The summed E-state index contributed by atoms with van der Waals surface area (Å²) in [5.41, 5.74) is 5.21. The second-order valence-corrected chi connectivity index (χ2v) is 8.95. The van der Waals surface area contributed by atoms with Gasteiger partial charge in [-0.1, -0.05) is 0 Å². The monoisotopic (exact) mass is 498 g/mol. The number of aromatic amines is 2. The fourth-order valence-electron chi connectivity index (χ4n) is 4.37. The van der Waals surface area contributed by atoms with Gasteiger partial charge in [0.15, 0.2) is 5.78 Å². The van der Waals surface area contributed by atoms with Gasteiger partial charge in [0.25, 0.3) is 11.8 Å².